The summed E-state index contributed by atoms with van der Waals surface area (Å²) in [5, 5.41) is 0. The number of amides is 2. The molecule has 1 unspecified atom stereocenters. The lowest BCUT2D eigenvalue weighted by Gasteiger charge is -2.24. The van der Waals surface area contributed by atoms with Crippen LogP contribution in [0.5, 0.6) is 0 Å². The third kappa shape index (κ3) is 4.92. The fourth-order valence-electron chi connectivity index (χ4n) is 2.83. The summed E-state index contributed by atoms with van der Waals surface area (Å²) in [5.74, 6) is -0.197. The van der Waals surface area contributed by atoms with E-state index in [1.807, 2.05) is 6.92 Å². The van der Waals surface area contributed by atoms with Crippen molar-refractivity contribution in [1.29, 1.82) is 0 Å². The number of carbonyl (C=O) groups is 2. The number of benzene rings is 1. The van der Waals surface area contributed by atoms with Gasteiger partial charge in [-0.1, -0.05) is 17.7 Å². The van der Waals surface area contributed by atoms with Crippen molar-refractivity contribution in [3.05, 3.63) is 48.0 Å². The minimum absolute atomic E-state index is 0. The van der Waals surface area contributed by atoms with Gasteiger partial charge in [0, 0.05) is 18.4 Å². The second kappa shape index (κ2) is 9.16. The van der Waals surface area contributed by atoms with Crippen LogP contribution in [0.25, 0.3) is 0 Å². The topological polar surface area (TPSA) is 141 Å². The highest BCUT2D eigenvalue weighted by molar-refractivity contribution is 7.99. The summed E-state index contributed by atoms with van der Waals surface area (Å²) in [5.41, 5.74) is 12.6. The largest absolute Gasteiger partial charge is 0.368 e. The molecule has 0 radical (unpaired) electrons. The summed E-state index contributed by atoms with van der Waals surface area (Å²) in [6.07, 6.45) is 2.56. The van der Waals surface area contributed by atoms with Crippen LogP contribution in [0.2, 0.25) is 0 Å². The number of halogens is 1. The Morgan fingerprint density at radius 3 is 2.59 bits per heavy atom. The van der Waals surface area contributed by atoms with Gasteiger partial charge in [0.1, 0.15) is 12.4 Å². The van der Waals surface area contributed by atoms with Crippen LogP contribution in [0.1, 0.15) is 11.3 Å². The van der Waals surface area contributed by atoms with Crippen LogP contribution in [-0.4, -0.2) is 57.8 Å². The fourth-order valence-corrected chi connectivity index (χ4v) is 5.17. The minimum Gasteiger partial charge on any atom is -0.368 e. The van der Waals surface area contributed by atoms with Gasteiger partial charge in [-0.3, -0.25) is 9.59 Å². The molecule has 0 saturated carbocycles. The van der Waals surface area contributed by atoms with E-state index in [0.717, 1.165) is 9.54 Å². The summed E-state index contributed by atoms with van der Waals surface area (Å²) in [6, 6.07) is 4.84. The van der Waals surface area contributed by atoms with Gasteiger partial charge in [0.05, 0.1) is 22.5 Å². The molecule has 158 valence electrons. The van der Waals surface area contributed by atoms with E-state index in [1.54, 1.807) is 12.1 Å². The Morgan fingerprint density at radius 2 is 1.97 bits per heavy atom. The molecule has 2 amide bonds. The summed E-state index contributed by atoms with van der Waals surface area (Å²) in [6.45, 7) is 1.87. The third-order valence-electron chi connectivity index (χ3n) is 4.45. The zero-order valence-electron chi connectivity index (χ0n) is 15.6. The fraction of sp³-hybridized carbons (Fsp3) is 0.353. The lowest BCUT2D eigenvalue weighted by Crippen LogP contribution is -2.51. The van der Waals surface area contributed by atoms with Crippen molar-refractivity contribution >= 4 is 46.0 Å². The molecule has 12 heteroatoms. The molecule has 0 spiro atoms. The molecule has 3 rings (SSSR count). The number of aromatic nitrogens is 2. The quantitative estimate of drug-likeness (QED) is 0.624. The van der Waals surface area contributed by atoms with E-state index in [1.165, 1.54) is 41.3 Å². The van der Waals surface area contributed by atoms with Crippen molar-refractivity contribution in [2.45, 2.75) is 30.3 Å². The molecule has 1 fully saturated rings. The normalized spacial score (nSPS) is 17.6. The summed E-state index contributed by atoms with van der Waals surface area (Å²) >= 11 is 1.43. The van der Waals surface area contributed by atoms with E-state index in [2.05, 4.69) is 4.98 Å². The molecule has 2 atom stereocenters. The molecule has 1 aliphatic heterocycles. The summed E-state index contributed by atoms with van der Waals surface area (Å²) in [7, 11) is -3.77. The highest BCUT2D eigenvalue weighted by Gasteiger charge is 2.35. The summed E-state index contributed by atoms with van der Waals surface area (Å²) in [4.78, 5) is 29.6. The Labute approximate surface area is 179 Å². The number of rotatable bonds is 6. The minimum atomic E-state index is -3.77. The number of hydrogen-bond acceptors (Lipinski definition) is 7. The van der Waals surface area contributed by atoms with E-state index >= 15 is 0 Å². The van der Waals surface area contributed by atoms with Crippen LogP contribution in [0.15, 0.2) is 41.7 Å². The smallest absolute Gasteiger partial charge is 0.268 e. The van der Waals surface area contributed by atoms with Crippen molar-refractivity contribution in [3.8, 4) is 0 Å². The van der Waals surface area contributed by atoms with Crippen molar-refractivity contribution in [2.24, 2.45) is 11.5 Å². The number of thioether (sulfide) groups is 1. The average molecular weight is 460 g/mol. The standard InChI is InChI=1S/C17H21N5O4S2.ClH/c1-11-2-4-13(5-3-11)28(25,26)21-7-12(20-9-21)6-14(18)17(24)22-10-27-8-15(22)16(19)23;/h2-5,7,9,14-15H,6,8,10,18H2,1H3,(H2,19,23);1H/t14-,15?;/m0./s1. The molecule has 2 aromatic rings. The van der Waals surface area contributed by atoms with Crippen LogP contribution in [0.3, 0.4) is 0 Å². The maximum Gasteiger partial charge on any atom is 0.268 e. The van der Waals surface area contributed by atoms with Crippen LogP contribution in [0, 0.1) is 6.92 Å². The zero-order valence-corrected chi connectivity index (χ0v) is 18.0. The predicted octanol–water partition coefficient (Wildman–Crippen LogP) is 0.107. The molecule has 4 N–H and O–H groups in total. The van der Waals surface area contributed by atoms with E-state index in [-0.39, 0.29) is 23.7 Å². The van der Waals surface area contributed by atoms with Gasteiger partial charge in [-0.25, -0.2) is 17.4 Å². The molecular formula is C17H22ClN5O4S2. The van der Waals surface area contributed by atoms with Gasteiger partial charge in [0.15, 0.2) is 0 Å². The van der Waals surface area contributed by atoms with Crippen LogP contribution >= 0.6 is 24.2 Å². The Balaban J connectivity index is 0.00000300. The molecule has 1 aromatic heterocycles. The number of primary amides is 1. The zero-order chi connectivity index (χ0) is 20.5. The van der Waals surface area contributed by atoms with E-state index in [4.69, 9.17) is 11.5 Å². The van der Waals surface area contributed by atoms with E-state index in [0.29, 0.717) is 17.3 Å². The molecule has 9 nitrogen and oxygen atoms in total. The molecule has 29 heavy (non-hydrogen) atoms. The SMILES string of the molecule is Cc1ccc(S(=O)(=O)n2cnc(C[C@H](N)C(=O)N3CSCC3C(N)=O)c2)cc1.Cl. The first-order valence-electron chi connectivity index (χ1n) is 8.48. The molecular weight excluding hydrogens is 438 g/mol. The van der Waals surface area contributed by atoms with Crippen molar-refractivity contribution in [1.82, 2.24) is 13.9 Å². The second-order valence-corrected chi connectivity index (χ2v) is 9.39. The van der Waals surface area contributed by atoms with Gasteiger partial charge in [0.2, 0.25) is 11.8 Å². The third-order valence-corrected chi connectivity index (χ3v) is 7.08. The number of carbonyl (C=O) groups excluding carboxylic acids is 2. The molecule has 2 heterocycles. The van der Waals surface area contributed by atoms with Gasteiger partial charge >= 0.3 is 0 Å². The monoisotopic (exact) mass is 459 g/mol. The Hall–Kier alpha value is -2.08. The predicted molar refractivity (Wildman–Crippen MR) is 112 cm³/mol. The molecule has 1 saturated heterocycles. The first kappa shape index (κ1) is 23.2. The van der Waals surface area contributed by atoms with Crippen molar-refractivity contribution in [3.63, 3.8) is 0 Å². The average Bonchev–Trinajstić information content (AvgIpc) is 3.31. The van der Waals surface area contributed by atoms with Crippen LogP contribution < -0.4 is 11.5 Å². The highest BCUT2D eigenvalue weighted by Crippen LogP contribution is 2.22. The van der Waals surface area contributed by atoms with E-state index < -0.39 is 33.9 Å². The van der Waals surface area contributed by atoms with Crippen molar-refractivity contribution in [2.75, 3.05) is 11.6 Å². The maximum atomic E-state index is 12.7. The Kier molecular flexibility index (Phi) is 7.33. The second-order valence-electron chi connectivity index (χ2n) is 6.55. The lowest BCUT2D eigenvalue weighted by molar-refractivity contribution is -0.137. The summed E-state index contributed by atoms with van der Waals surface area (Å²) < 4.78 is 26.3. The van der Waals surface area contributed by atoms with Crippen molar-refractivity contribution < 1.29 is 18.0 Å². The number of nitrogens with zero attached hydrogens (tertiary/aromatic N) is 3. The lowest BCUT2D eigenvalue weighted by atomic mass is 10.1. The van der Waals surface area contributed by atoms with Gasteiger partial charge < -0.3 is 16.4 Å². The van der Waals surface area contributed by atoms with E-state index in [9.17, 15) is 18.0 Å². The van der Waals surface area contributed by atoms with Gasteiger partial charge in [-0.05, 0) is 19.1 Å². The van der Waals surface area contributed by atoms with Gasteiger partial charge in [-0.15, -0.1) is 24.2 Å². The van der Waals surface area contributed by atoms with Crippen LogP contribution in [0.4, 0.5) is 0 Å². The number of hydrogen-bond donors (Lipinski definition) is 2. The Morgan fingerprint density at radius 1 is 1.31 bits per heavy atom. The van der Waals surface area contributed by atoms with Gasteiger partial charge in [-0.2, -0.15) is 0 Å². The maximum absolute atomic E-state index is 12.7. The number of aryl methyl sites for hydroxylation is 1. The van der Waals surface area contributed by atoms with Crippen LogP contribution in [-0.2, 0) is 26.0 Å². The molecule has 1 aromatic carbocycles. The molecule has 1 aliphatic rings. The Bertz CT molecular complexity index is 994. The number of nitrogens with two attached hydrogens (primary N) is 2. The number of imidazole rings is 1. The highest BCUT2D eigenvalue weighted by atomic mass is 35.5. The molecule has 0 aliphatic carbocycles. The first-order chi connectivity index (χ1) is 13.2. The first-order valence-corrected chi connectivity index (χ1v) is 11.1. The molecule has 0 bridgehead atoms. The van der Waals surface area contributed by atoms with Gasteiger partial charge in [0.25, 0.3) is 10.0 Å².